The molecule has 2 heterocycles. The fraction of sp³-hybridized carbons (Fsp3) is 0.200. The van der Waals surface area contributed by atoms with Gasteiger partial charge in [0.2, 0.25) is 5.91 Å². The summed E-state index contributed by atoms with van der Waals surface area (Å²) in [5.41, 5.74) is 1.59. The summed E-state index contributed by atoms with van der Waals surface area (Å²) in [5.74, 6) is -0.0738. The molecule has 0 bridgehead atoms. The Hall–Kier alpha value is -2.97. The number of carbonyl (C=O) groups excluding carboxylic acids is 1. The third-order valence-corrected chi connectivity index (χ3v) is 6.13. The number of non-ortho nitro benzene ring substituents is 1. The Balaban J connectivity index is 1.36. The van der Waals surface area contributed by atoms with Gasteiger partial charge in [-0.25, -0.2) is 4.98 Å². The minimum atomic E-state index is -0.447. The van der Waals surface area contributed by atoms with Crippen LogP contribution in [-0.2, 0) is 4.79 Å². The molecule has 0 N–H and O–H groups in total. The number of carbonyl (C=O) groups is 1. The van der Waals surface area contributed by atoms with Crippen LogP contribution in [0.4, 0.5) is 10.8 Å². The number of aromatic nitrogens is 1. The van der Waals surface area contributed by atoms with E-state index in [0.29, 0.717) is 31.2 Å². The molecule has 4 rings (SSSR count). The summed E-state index contributed by atoms with van der Waals surface area (Å²) in [6, 6.07) is 11.9. The van der Waals surface area contributed by atoms with Gasteiger partial charge in [-0.15, -0.1) is 0 Å². The molecule has 0 aliphatic carbocycles. The van der Waals surface area contributed by atoms with Gasteiger partial charge in [-0.1, -0.05) is 29.0 Å². The van der Waals surface area contributed by atoms with Gasteiger partial charge in [0.15, 0.2) is 5.13 Å². The molecule has 1 saturated heterocycles. The first kappa shape index (κ1) is 19.4. The molecule has 1 aliphatic rings. The third kappa shape index (κ3) is 4.23. The number of nitro groups is 1. The molecule has 1 aromatic heterocycles. The van der Waals surface area contributed by atoms with Gasteiger partial charge in [0, 0.05) is 44.4 Å². The number of rotatable bonds is 4. The number of fused-ring (bicyclic) bond motifs is 1. The number of nitrogens with zero attached hydrogens (tertiary/aromatic N) is 4. The second kappa shape index (κ2) is 8.18. The van der Waals surface area contributed by atoms with E-state index < -0.39 is 4.92 Å². The summed E-state index contributed by atoms with van der Waals surface area (Å²) in [5, 5.41) is 12.3. The molecule has 0 unspecified atom stereocenters. The molecule has 7 nitrogen and oxygen atoms in total. The molecule has 1 amide bonds. The van der Waals surface area contributed by atoms with E-state index in [1.54, 1.807) is 34.4 Å². The van der Waals surface area contributed by atoms with Crippen LogP contribution >= 0.6 is 22.9 Å². The zero-order valence-electron chi connectivity index (χ0n) is 15.3. The zero-order valence-corrected chi connectivity index (χ0v) is 16.9. The zero-order chi connectivity index (χ0) is 20.4. The number of hydrogen-bond donors (Lipinski definition) is 0. The monoisotopic (exact) mass is 428 g/mol. The molecule has 148 valence electrons. The first-order chi connectivity index (χ1) is 14.0. The molecule has 0 radical (unpaired) electrons. The maximum atomic E-state index is 12.5. The van der Waals surface area contributed by atoms with Crippen molar-refractivity contribution in [2.75, 3.05) is 31.1 Å². The number of hydrogen-bond acceptors (Lipinski definition) is 6. The van der Waals surface area contributed by atoms with Crippen molar-refractivity contribution in [3.63, 3.8) is 0 Å². The topological polar surface area (TPSA) is 79.6 Å². The number of piperazine rings is 1. The molecule has 3 aromatic rings. The number of nitro benzene ring substituents is 1. The quantitative estimate of drug-likeness (QED) is 0.353. The lowest BCUT2D eigenvalue weighted by molar-refractivity contribution is -0.384. The Morgan fingerprint density at radius 1 is 1.14 bits per heavy atom. The summed E-state index contributed by atoms with van der Waals surface area (Å²) < 4.78 is 1.05. The average Bonchev–Trinajstić information content (AvgIpc) is 3.18. The van der Waals surface area contributed by atoms with Gasteiger partial charge >= 0.3 is 0 Å². The molecule has 1 aliphatic heterocycles. The highest BCUT2D eigenvalue weighted by molar-refractivity contribution is 7.22. The molecule has 29 heavy (non-hydrogen) atoms. The van der Waals surface area contributed by atoms with Crippen LogP contribution in [0.5, 0.6) is 0 Å². The number of amides is 1. The van der Waals surface area contributed by atoms with Gasteiger partial charge < -0.3 is 9.80 Å². The fourth-order valence-electron chi connectivity index (χ4n) is 3.14. The van der Waals surface area contributed by atoms with E-state index in [-0.39, 0.29) is 11.6 Å². The highest BCUT2D eigenvalue weighted by Gasteiger charge is 2.22. The van der Waals surface area contributed by atoms with Crippen molar-refractivity contribution < 1.29 is 9.72 Å². The summed E-state index contributed by atoms with van der Waals surface area (Å²) in [6.45, 7) is 2.61. The molecule has 0 atom stereocenters. The SMILES string of the molecule is O=C(/C=C\c1ccc([N+](=O)[O-])cc1)N1CCN(c2nc3c(Cl)cccc3s2)CC1. The maximum Gasteiger partial charge on any atom is 0.269 e. The first-order valence-corrected chi connectivity index (χ1v) is 10.2. The van der Waals surface area contributed by atoms with Gasteiger partial charge in [-0.05, 0) is 35.9 Å². The lowest BCUT2D eigenvalue weighted by atomic mass is 10.2. The van der Waals surface area contributed by atoms with E-state index in [1.807, 2.05) is 18.2 Å². The Labute approximate surface area is 176 Å². The number of thiazole rings is 1. The van der Waals surface area contributed by atoms with Crippen LogP contribution in [0.3, 0.4) is 0 Å². The van der Waals surface area contributed by atoms with E-state index in [0.717, 1.165) is 20.9 Å². The molecular weight excluding hydrogens is 412 g/mol. The second-order valence-corrected chi connectivity index (χ2v) is 7.99. The summed E-state index contributed by atoms with van der Waals surface area (Å²) in [7, 11) is 0. The van der Waals surface area contributed by atoms with Gasteiger partial charge in [0.25, 0.3) is 5.69 Å². The van der Waals surface area contributed by atoms with Crippen molar-refractivity contribution in [2.24, 2.45) is 0 Å². The summed E-state index contributed by atoms with van der Waals surface area (Å²) in [4.78, 5) is 31.3. The van der Waals surface area contributed by atoms with Crippen molar-refractivity contribution in [1.29, 1.82) is 0 Å². The number of benzene rings is 2. The van der Waals surface area contributed by atoms with E-state index in [4.69, 9.17) is 11.6 Å². The number of halogens is 1. The second-order valence-electron chi connectivity index (χ2n) is 6.58. The predicted molar refractivity (Wildman–Crippen MR) is 116 cm³/mol. The third-order valence-electron chi connectivity index (χ3n) is 4.74. The Morgan fingerprint density at radius 3 is 2.52 bits per heavy atom. The van der Waals surface area contributed by atoms with Gasteiger partial charge in [-0.2, -0.15) is 0 Å². The van der Waals surface area contributed by atoms with Crippen molar-refractivity contribution in [3.8, 4) is 0 Å². The van der Waals surface area contributed by atoms with Crippen molar-refractivity contribution in [1.82, 2.24) is 9.88 Å². The largest absolute Gasteiger partial charge is 0.345 e. The molecule has 1 fully saturated rings. The smallest absolute Gasteiger partial charge is 0.269 e. The van der Waals surface area contributed by atoms with Crippen LogP contribution in [-0.4, -0.2) is 46.9 Å². The fourth-order valence-corrected chi connectivity index (χ4v) is 4.45. The average molecular weight is 429 g/mol. The Morgan fingerprint density at radius 2 is 1.86 bits per heavy atom. The Kier molecular flexibility index (Phi) is 5.46. The van der Waals surface area contributed by atoms with Crippen LogP contribution in [0.25, 0.3) is 16.3 Å². The van der Waals surface area contributed by atoms with Gasteiger partial charge in [0.1, 0.15) is 5.52 Å². The van der Waals surface area contributed by atoms with Crippen molar-refractivity contribution in [3.05, 3.63) is 69.2 Å². The molecular formula is C20H17ClN4O3S. The number of para-hydroxylation sites is 1. The van der Waals surface area contributed by atoms with E-state index in [2.05, 4.69) is 9.88 Å². The van der Waals surface area contributed by atoms with E-state index >= 15 is 0 Å². The van der Waals surface area contributed by atoms with Crippen LogP contribution < -0.4 is 4.90 Å². The lowest BCUT2D eigenvalue weighted by Crippen LogP contribution is -2.48. The molecule has 2 aromatic carbocycles. The predicted octanol–water partition coefficient (Wildman–Crippen LogP) is 4.22. The van der Waals surface area contributed by atoms with Crippen LogP contribution in [0.1, 0.15) is 5.56 Å². The van der Waals surface area contributed by atoms with Crippen molar-refractivity contribution >= 4 is 56.0 Å². The normalized spacial score (nSPS) is 14.7. The maximum absolute atomic E-state index is 12.5. The Bertz CT molecular complexity index is 1090. The van der Waals surface area contributed by atoms with E-state index in [1.165, 1.54) is 18.2 Å². The van der Waals surface area contributed by atoms with Crippen LogP contribution in [0.15, 0.2) is 48.5 Å². The van der Waals surface area contributed by atoms with Gasteiger partial charge in [-0.3, -0.25) is 14.9 Å². The highest BCUT2D eigenvalue weighted by atomic mass is 35.5. The van der Waals surface area contributed by atoms with Crippen molar-refractivity contribution in [2.45, 2.75) is 0 Å². The van der Waals surface area contributed by atoms with Crippen LogP contribution in [0, 0.1) is 10.1 Å². The number of anilines is 1. The minimum Gasteiger partial charge on any atom is -0.345 e. The minimum absolute atomic E-state index is 0.0285. The molecule has 0 saturated carbocycles. The summed E-state index contributed by atoms with van der Waals surface area (Å²) in [6.07, 6.45) is 3.18. The lowest BCUT2D eigenvalue weighted by Gasteiger charge is -2.34. The highest BCUT2D eigenvalue weighted by Crippen LogP contribution is 2.33. The van der Waals surface area contributed by atoms with Gasteiger partial charge in [0.05, 0.1) is 14.6 Å². The van der Waals surface area contributed by atoms with Crippen LogP contribution in [0.2, 0.25) is 5.02 Å². The van der Waals surface area contributed by atoms with E-state index in [9.17, 15) is 14.9 Å². The molecule has 0 spiro atoms. The molecule has 9 heteroatoms. The standard InChI is InChI=1S/C20H17ClN4O3S/c21-16-2-1-3-17-19(16)22-20(29-17)24-12-10-23(11-13-24)18(26)9-6-14-4-7-15(8-5-14)25(27)28/h1-9H,10-13H2/b9-6-. The summed E-state index contributed by atoms with van der Waals surface area (Å²) >= 11 is 7.82. The first-order valence-electron chi connectivity index (χ1n) is 9.03.